The first-order chi connectivity index (χ1) is 13.3. The van der Waals surface area contributed by atoms with E-state index in [0.717, 1.165) is 27.0 Å². The number of aromatic nitrogens is 3. The maximum Gasteiger partial charge on any atom is 0.332 e. The Morgan fingerprint density at radius 1 is 1.07 bits per heavy atom. The highest BCUT2D eigenvalue weighted by atomic mass is 32.2. The summed E-state index contributed by atoms with van der Waals surface area (Å²) < 4.78 is 27.2. The van der Waals surface area contributed by atoms with Crippen molar-refractivity contribution >= 4 is 37.3 Å². The van der Waals surface area contributed by atoms with Gasteiger partial charge < -0.3 is 0 Å². The maximum absolute atomic E-state index is 12.0. The Hall–Kier alpha value is -3.24. The fraction of sp³-hybridized carbons (Fsp3) is 0.0556. The summed E-state index contributed by atoms with van der Waals surface area (Å²) in [4.78, 5) is 30.0. The van der Waals surface area contributed by atoms with Crippen molar-refractivity contribution in [2.75, 3.05) is 11.0 Å². The molecule has 2 aromatic carbocycles. The highest BCUT2D eigenvalue weighted by Gasteiger charge is 2.09. The van der Waals surface area contributed by atoms with E-state index in [9.17, 15) is 18.0 Å². The van der Waals surface area contributed by atoms with Gasteiger partial charge in [0.2, 0.25) is 10.0 Å². The number of sulfonamides is 1. The molecule has 0 bridgehead atoms. The van der Waals surface area contributed by atoms with E-state index in [-0.39, 0.29) is 0 Å². The maximum atomic E-state index is 12.0. The minimum Gasteiger partial charge on any atom is -0.284 e. The van der Waals surface area contributed by atoms with Crippen molar-refractivity contribution in [3.63, 3.8) is 0 Å². The van der Waals surface area contributed by atoms with Gasteiger partial charge in [0.1, 0.15) is 5.01 Å². The third kappa shape index (κ3) is 3.73. The Bertz CT molecular complexity index is 1400. The molecule has 0 aliphatic heterocycles. The van der Waals surface area contributed by atoms with E-state index in [1.54, 1.807) is 30.3 Å². The van der Waals surface area contributed by atoms with Gasteiger partial charge in [0.05, 0.1) is 22.2 Å². The van der Waals surface area contributed by atoms with Crippen LogP contribution in [0.2, 0.25) is 0 Å². The Labute approximate surface area is 163 Å². The Kier molecular flexibility index (Phi) is 4.36. The number of H-pyrrole nitrogens is 1. The van der Waals surface area contributed by atoms with Crippen LogP contribution in [0.4, 0.5) is 5.69 Å². The number of nitrogens with zero attached hydrogens (tertiary/aromatic N) is 2. The van der Waals surface area contributed by atoms with Crippen LogP contribution in [0, 0.1) is 0 Å². The van der Waals surface area contributed by atoms with Crippen LogP contribution >= 0.6 is 11.3 Å². The van der Waals surface area contributed by atoms with E-state index in [2.05, 4.69) is 14.7 Å². The average Bonchev–Trinajstić information content (AvgIpc) is 3.04. The summed E-state index contributed by atoms with van der Waals surface area (Å²) in [5, 5.41) is 0.770. The SMILES string of the molecule is CS(=O)(=O)Nc1ccc(-c2nc3ccc(-n4ccc(=O)[nH]c4=O)cc3s2)cc1. The fourth-order valence-electron chi connectivity index (χ4n) is 2.70. The molecule has 2 aromatic heterocycles. The average molecular weight is 414 g/mol. The fourth-order valence-corrected chi connectivity index (χ4v) is 4.27. The first-order valence-corrected chi connectivity index (χ1v) is 10.8. The van der Waals surface area contributed by atoms with Gasteiger partial charge in [-0.3, -0.25) is 19.1 Å². The second-order valence-electron chi connectivity index (χ2n) is 6.10. The highest BCUT2D eigenvalue weighted by Crippen LogP contribution is 2.31. The Morgan fingerprint density at radius 3 is 2.50 bits per heavy atom. The summed E-state index contributed by atoms with van der Waals surface area (Å²) in [6.07, 6.45) is 2.53. The number of benzene rings is 2. The minimum atomic E-state index is -3.33. The molecule has 4 rings (SSSR count). The summed E-state index contributed by atoms with van der Waals surface area (Å²) in [6, 6.07) is 13.6. The van der Waals surface area contributed by atoms with Crippen LogP contribution in [0.15, 0.2) is 64.3 Å². The smallest absolute Gasteiger partial charge is 0.284 e. The molecule has 142 valence electrons. The van der Waals surface area contributed by atoms with Crippen LogP contribution in [0.3, 0.4) is 0 Å². The van der Waals surface area contributed by atoms with Crippen molar-refractivity contribution < 1.29 is 8.42 Å². The van der Waals surface area contributed by atoms with Crippen LogP contribution < -0.4 is 16.0 Å². The van der Waals surface area contributed by atoms with Gasteiger partial charge in [-0.15, -0.1) is 11.3 Å². The van der Waals surface area contributed by atoms with E-state index in [4.69, 9.17) is 0 Å². The molecule has 0 amide bonds. The summed E-state index contributed by atoms with van der Waals surface area (Å²) in [7, 11) is -3.33. The van der Waals surface area contributed by atoms with Crippen LogP contribution in [0.1, 0.15) is 0 Å². The van der Waals surface area contributed by atoms with Crippen LogP contribution in [-0.2, 0) is 10.0 Å². The van der Waals surface area contributed by atoms with Crippen LogP contribution in [0.25, 0.3) is 26.5 Å². The van der Waals surface area contributed by atoms with Crippen molar-refractivity contribution in [1.82, 2.24) is 14.5 Å². The molecule has 0 atom stereocenters. The zero-order valence-electron chi connectivity index (χ0n) is 14.5. The topological polar surface area (TPSA) is 114 Å². The standard InChI is InChI=1S/C18H14N4O4S2/c1-28(25,26)21-12-4-2-11(3-5-12)17-19-14-7-6-13(10-15(14)27-17)22-9-8-16(23)20-18(22)24/h2-10,21H,1H3,(H,20,23,24). The zero-order chi connectivity index (χ0) is 19.9. The number of hydrogen-bond acceptors (Lipinski definition) is 6. The predicted molar refractivity (Wildman–Crippen MR) is 110 cm³/mol. The molecule has 0 unspecified atom stereocenters. The molecule has 0 saturated carbocycles. The predicted octanol–water partition coefficient (Wildman–Crippen LogP) is 2.17. The number of hydrogen-bond donors (Lipinski definition) is 2. The lowest BCUT2D eigenvalue weighted by Gasteiger charge is -2.03. The minimum absolute atomic E-state index is 0.448. The first-order valence-electron chi connectivity index (χ1n) is 8.10. The normalized spacial score (nSPS) is 11.6. The van der Waals surface area contributed by atoms with Gasteiger partial charge in [-0.05, 0) is 42.5 Å². The molecular weight excluding hydrogens is 400 g/mol. The number of aromatic amines is 1. The quantitative estimate of drug-likeness (QED) is 0.531. The van der Waals surface area contributed by atoms with Crippen molar-refractivity contribution in [3.05, 3.63) is 75.6 Å². The molecule has 2 heterocycles. The largest absolute Gasteiger partial charge is 0.332 e. The van der Waals surface area contributed by atoms with E-state index in [0.29, 0.717) is 11.4 Å². The zero-order valence-corrected chi connectivity index (χ0v) is 16.2. The van der Waals surface area contributed by atoms with E-state index >= 15 is 0 Å². The van der Waals surface area contributed by atoms with E-state index < -0.39 is 21.3 Å². The lowest BCUT2D eigenvalue weighted by molar-refractivity contribution is 0.607. The number of rotatable bonds is 4. The van der Waals surface area contributed by atoms with Crippen molar-refractivity contribution in [3.8, 4) is 16.3 Å². The first kappa shape index (κ1) is 18.1. The molecule has 0 radical (unpaired) electrons. The van der Waals surface area contributed by atoms with E-state index in [1.165, 1.54) is 28.2 Å². The van der Waals surface area contributed by atoms with Crippen LogP contribution in [-0.4, -0.2) is 29.2 Å². The molecule has 4 aromatic rings. The lowest BCUT2D eigenvalue weighted by Crippen LogP contribution is -2.27. The monoisotopic (exact) mass is 414 g/mol. The van der Waals surface area contributed by atoms with Gasteiger partial charge in [0, 0.05) is 23.5 Å². The molecule has 10 heteroatoms. The van der Waals surface area contributed by atoms with Gasteiger partial charge in [-0.25, -0.2) is 18.2 Å². The molecule has 0 spiro atoms. The van der Waals surface area contributed by atoms with Crippen molar-refractivity contribution in [2.45, 2.75) is 0 Å². The van der Waals surface area contributed by atoms with E-state index in [1.807, 2.05) is 12.1 Å². The third-order valence-corrected chi connectivity index (χ3v) is 5.58. The molecule has 28 heavy (non-hydrogen) atoms. The summed E-state index contributed by atoms with van der Waals surface area (Å²) in [5.41, 5.74) is 1.77. The number of thiazole rings is 1. The lowest BCUT2D eigenvalue weighted by atomic mass is 10.2. The second kappa shape index (κ2) is 6.73. The highest BCUT2D eigenvalue weighted by molar-refractivity contribution is 7.92. The van der Waals surface area contributed by atoms with Crippen LogP contribution in [0.5, 0.6) is 0 Å². The molecular formula is C18H14N4O4S2. The van der Waals surface area contributed by atoms with Crippen molar-refractivity contribution in [2.24, 2.45) is 0 Å². The number of fused-ring (bicyclic) bond motifs is 1. The molecule has 8 nitrogen and oxygen atoms in total. The molecule has 0 fully saturated rings. The summed E-state index contributed by atoms with van der Waals surface area (Å²) >= 11 is 1.45. The second-order valence-corrected chi connectivity index (χ2v) is 8.88. The van der Waals surface area contributed by atoms with Gasteiger partial charge in [-0.1, -0.05) is 0 Å². The van der Waals surface area contributed by atoms with Gasteiger partial charge in [0.15, 0.2) is 0 Å². The van der Waals surface area contributed by atoms with Crippen molar-refractivity contribution in [1.29, 1.82) is 0 Å². The number of nitrogens with one attached hydrogen (secondary N) is 2. The Balaban J connectivity index is 1.70. The molecule has 0 aliphatic rings. The number of anilines is 1. The van der Waals surface area contributed by atoms with Gasteiger partial charge >= 0.3 is 5.69 Å². The molecule has 0 aliphatic carbocycles. The third-order valence-electron chi connectivity index (χ3n) is 3.91. The summed E-state index contributed by atoms with van der Waals surface area (Å²) in [5.74, 6) is 0. The Morgan fingerprint density at radius 2 is 1.82 bits per heavy atom. The van der Waals surface area contributed by atoms with Gasteiger partial charge in [-0.2, -0.15) is 0 Å². The van der Waals surface area contributed by atoms with Gasteiger partial charge in [0.25, 0.3) is 5.56 Å². The summed E-state index contributed by atoms with van der Waals surface area (Å²) in [6.45, 7) is 0. The molecule has 2 N–H and O–H groups in total. The molecule has 0 saturated heterocycles.